The molecule has 1 heterocycles. The van der Waals surface area contributed by atoms with Crippen LogP contribution in [0.5, 0.6) is 0 Å². The topological polar surface area (TPSA) is 38.3 Å². The molecule has 0 amide bonds. The first-order valence-corrected chi connectivity index (χ1v) is 6.29. The van der Waals surface area contributed by atoms with Crippen LogP contribution in [-0.2, 0) is 9.53 Å². The molecule has 2 atom stereocenters. The molecule has 0 radical (unpaired) electrons. The smallest absolute Gasteiger partial charge is 0.306 e. The Morgan fingerprint density at radius 3 is 2.88 bits per heavy atom. The molecule has 17 heavy (non-hydrogen) atoms. The summed E-state index contributed by atoms with van der Waals surface area (Å²) in [7, 11) is 0. The highest BCUT2D eigenvalue weighted by molar-refractivity contribution is 5.70. The number of rotatable bonds is 3. The molecule has 5 heteroatoms. The van der Waals surface area contributed by atoms with Gasteiger partial charge in [-0.3, -0.25) is 4.79 Å². The van der Waals surface area contributed by atoms with Crippen molar-refractivity contribution in [3.8, 4) is 0 Å². The Kier molecular flexibility index (Phi) is 3.39. The summed E-state index contributed by atoms with van der Waals surface area (Å²) in [6, 6.07) is 0. The second-order valence-electron chi connectivity index (χ2n) is 4.94. The third-order valence-electron chi connectivity index (χ3n) is 4.09. The fourth-order valence-electron chi connectivity index (χ4n) is 3.07. The summed E-state index contributed by atoms with van der Waals surface area (Å²) in [5.41, 5.74) is -0.941. The van der Waals surface area contributed by atoms with E-state index in [1.165, 1.54) is 0 Å². The first kappa shape index (κ1) is 12.7. The molecule has 0 bridgehead atoms. The largest absolute Gasteiger partial charge is 0.466 e. The summed E-state index contributed by atoms with van der Waals surface area (Å²) in [6.07, 6.45) is 1.59. The van der Waals surface area contributed by atoms with Crippen LogP contribution in [0.25, 0.3) is 0 Å². The van der Waals surface area contributed by atoms with Crippen molar-refractivity contribution in [1.82, 2.24) is 5.32 Å². The quantitative estimate of drug-likeness (QED) is 0.775. The van der Waals surface area contributed by atoms with Gasteiger partial charge in [0.1, 0.15) is 0 Å². The number of ether oxygens (including phenoxy) is 1. The lowest BCUT2D eigenvalue weighted by molar-refractivity contribution is -0.144. The summed E-state index contributed by atoms with van der Waals surface area (Å²) >= 11 is 0. The Bertz CT molecular complexity index is 299. The maximum absolute atomic E-state index is 13.9. The van der Waals surface area contributed by atoms with Gasteiger partial charge in [0.2, 0.25) is 0 Å². The van der Waals surface area contributed by atoms with E-state index in [0.717, 1.165) is 13.0 Å². The van der Waals surface area contributed by atoms with Crippen molar-refractivity contribution < 1.29 is 18.3 Å². The molecule has 98 valence electrons. The maximum Gasteiger partial charge on any atom is 0.306 e. The molecule has 1 saturated carbocycles. The van der Waals surface area contributed by atoms with Gasteiger partial charge in [0.25, 0.3) is 5.92 Å². The van der Waals surface area contributed by atoms with Crippen LogP contribution < -0.4 is 5.32 Å². The van der Waals surface area contributed by atoms with Gasteiger partial charge < -0.3 is 10.1 Å². The third kappa shape index (κ3) is 2.05. The Morgan fingerprint density at radius 1 is 1.41 bits per heavy atom. The van der Waals surface area contributed by atoms with Crippen molar-refractivity contribution in [2.24, 2.45) is 11.3 Å². The minimum absolute atomic E-state index is 0.138. The Hall–Kier alpha value is -0.710. The SMILES string of the molecule is CCOC(=O)CC1C(F)(F)C12CCCNCC2. The van der Waals surface area contributed by atoms with Crippen molar-refractivity contribution in [3.05, 3.63) is 0 Å². The Labute approximate surface area is 99.9 Å². The molecule has 0 aromatic rings. The minimum Gasteiger partial charge on any atom is -0.466 e. The fraction of sp³-hybridized carbons (Fsp3) is 0.917. The summed E-state index contributed by atoms with van der Waals surface area (Å²) < 4.78 is 32.5. The van der Waals surface area contributed by atoms with E-state index in [1.54, 1.807) is 6.92 Å². The summed E-state index contributed by atoms with van der Waals surface area (Å²) in [5.74, 6) is -3.99. The van der Waals surface area contributed by atoms with E-state index in [2.05, 4.69) is 5.32 Å². The van der Waals surface area contributed by atoms with E-state index in [0.29, 0.717) is 19.4 Å². The normalized spacial score (nSPS) is 35.4. The zero-order valence-corrected chi connectivity index (χ0v) is 10.1. The summed E-state index contributed by atoms with van der Waals surface area (Å²) in [5, 5.41) is 3.13. The van der Waals surface area contributed by atoms with Crippen LogP contribution in [0, 0.1) is 11.3 Å². The lowest BCUT2D eigenvalue weighted by atomic mass is 9.93. The zero-order chi connectivity index (χ0) is 12.5. The number of esters is 1. The maximum atomic E-state index is 13.9. The molecule has 1 aliphatic heterocycles. The molecule has 2 rings (SSSR count). The number of carbonyl (C=O) groups excluding carboxylic acids is 1. The van der Waals surface area contributed by atoms with E-state index in [9.17, 15) is 13.6 Å². The van der Waals surface area contributed by atoms with Crippen LogP contribution in [0.2, 0.25) is 0 Å². The number of hydrogen-bond acceptors (Lipinski definition) is 3. The van der Waals surface area contributed by atoms with Gasteiger partial charge in [0.05, 0.1) is 13.0 Å². The van der Waals surface area contributed by atoms with Crippen LogP contribution in [-0.4, -0.2) is 31.6 Å². The first-order chi connectivity index (χ1) is 8.04. The van der Waals surface area contributed by atoms with Gasteiger partial charge >= 0.3 is 5.97 Å². The van der Waals surface area contributed by atoms with E-state index in [4.69, 9.17) is 4.74 Å². The average Bonchev–Trinajstić information content (AvgIpc) is 2.83. The average molecular weight is 247 g/mol. The predicted molar refractivity (Wildman–Crippen MR) is 58.8 cm³/mol. The van der Waals surface area contributed by atoms with Crippen molar-refractivity contribution in [2.45, 2.75) is 38.5 Å². The molecule has 2 unspecified atom stereocenters. The van der Waals surface area contributed by atoms with Gasteiger partial charge in [-0.1, -0.05) is 0 Å². The number of carbonyl (C=O) groups is 1. The summed E-state index contributed by atoms with van der Waals surface area (Å²) in [4.78, 5) is 11.3. The predicted octanol–water partition coefficient (Wildman–Crippen LogP) is 1.96. The van der Waals surface area contributed by atoms with Crippen LogP contribution in [0.3, 0.4) is 0 Å². The van der Waals surface area contributed by atoms with Crippen molar-refractivity contribution in [1.29, 1.82) is 0 Å². The van der Waals surface area contributed by atoms with E-state index < -0.39 is 23.2 Å². The first-order valence-electron chi connectivity index (χ1n) is 6.29. The highest BCUT2D eigenvalue weighted by atomic mass is 19.3. The van der Waals surface area contributed by atoms with Gasteiger partial charge in [0, 0.05) is 11.3 Å². The molecule has 1 aliphatic carbocycles. The minimum atomic E-state index is -2.69. The fourth-order valence-corrected chi connectivity index (χ4v) is 3.07. The molecule has 0 aromatic heterocycles. The van der Waals surface area contributed by atoms with Crippen molar-refractivity contribution in [3.63, 3.8) is 0 Å². The molecule has 2 aliphatic rings. The molecular formula is C12H19F2NO2. The molecule has 3 nitrogen and oxygen atoms in total. The number of nitrogens with one attached hydrogen (secondary N) is 1. The standard InChI is InChI=1S/C12H19F2NO2/c1-2-17-10(16)8-9-11(12(9,13)14)4-3-6-15-7-5-11/h9,15H,2-8H2,1H3. The zero-order valence-electron chi connectivity index (χ0n) is 10.1. The molecule has 2 fully saturated rings. The molecule has 0 aromatic carbocycles. The van der Waals surface area contributed by atoms with Crippen LogP contribution in [0.4, 0.5) is 8.78 Å². The van der Waals surface area contributed by atoms with Crippen molar-refractivity contribution >= 4 is 5.97 Å². The Morgan fingerprint density at radius 2 is 2.18 bits per heavy atom. The van der Waals surface area contributed by atoms with Crippen LogP contribution >= 0.6 is 0 Å². The summed E-state index contributed by atoms with van der Waals surface area (Å²) in [6.45, 7) is 3.36. The second-order valence-corrected chi connectivity index (χ2v) is 4.94. The van der Waals surface area contributed by atoms with Gasteiger partial charge in [-0.15, -0.1) is 0 Å². The van der Waals surface area contributed by atoms with Gasteiger partial charge in [-0.2, -0.15) is 0 Å². The number of halogens is 2. The van der Waals surface area contributed by atoms with Gasteiger partial charge in [-0.25, -0.2) is 8.78 Å². The third-order valence-corrected chi connectivity index (χ3v) is 4.09. The van der Waals surface area contributed by atoms with Crippen LogP contribution in [0.15, 0.2) is 0 Å². The lowest BCUT2D eigenvalue weighted by Crippen LogP contribution is -2.16. The Balaban J connectivity index is 2.01. The van der Waals surface area contributed by atoms with Gasteiger partial charge in [-0.05, 0) is 39.3 Å². The molecule has 1 spiro atoms. The van der Waals surface area contributed by atoms with E-state index in [1.807, 2.05) is 0 Å². The second kappa shape index (κ2) is 4.52. The van der Waals surface area contributed by atoms with Gasteiger partial charge in [0.15, 0.2) is 0 Å². The monoisotopic (exact) mass is 247 g/mol. The van der Waals surface area contributed by atoms with Crippen LogP contribution in [0.1, 0.15) is 32.6 Å². The highest BCUT2D eigenvalue weighted by Crippen LogP contribution is 2.71. The molecule has 1 saturated heterocycles. The molecular weight excluding hydrogens is 228 g/mol. The van der Waals surface area contributed by atoms with E-state index in [-0.39, 0.29) is 13.0 Å². The number of hydrogen-bond donors (Lipinski definition) is 1. The lowest BCUT2D eigenvalue weighted by Gasteiger charge is -2.12. The van der Waals surface area contributed by atoms with Crippen molar-refractivity contribution in [2.75, 3.05) is 19.7 Å². The van der Waals surface area contributed by atoms with E-state index >= 15 is 0 Å². The number of alkyl halides is 2. The highest BCUT2D eigenvalue weighted by Gasteiger charge is 2.79. The molecule has 1 N–H and O–H groups in total.